The fourth-order valence-electron chi connectivity index (χ4n) is 2.94. The van der Waals surface area contributed by atoms with Crippen molar-refractivity contribution in [3.63, 3.8) is 0 Å². The lowest BCUT2D eigenvalue weighted by molar-refractivity contribution is -0.150. The SMILES string of the molecule is C=CP(=O)(CC(CCC(=O)OCc1ccccc1)C(=O)OCc1ccccc1)OCC. The Bertz CT molecular complexity index is 881. The van der Waals surface area contributed by atoms with Crippen molar-refractivity contribution < 1.29 is 28.2 Å². The predicted molar refractivity (Wildman–Crippen MR) is 119 cm³/mol. The first-order chi connectivity index (χ1) is 15.0. The molecule has 0 aliphatic rings. The largest absolute Gasteiger partial charge is 0.461 e. The highest BCUT2D eigenvalue weighted by Crippen LogP contribution is 2.50. The standard InChI is InChI=1S/C24H29O6P/c1-3-30-31(27,4-2)19-22(24(26)29-18-21-13-9-6-10-14-21)15-16-23(25)28-17-20-11-7-5-8-12-20/h4-14,22H,2-3,15-19H2,1H3. The number of hydrogen-bond donors (Lipinski definition) is 0. The lowest BCUT2D eigenvalue weighted by Crippen LogP contribution is -2.23. The van der Waals surface area contributed by atoms with E-state index < -0.39 is 25.2 Å². The maximum atomic E-state index is 12.9. The first-order valence-corrected chi connectivity index (χ1v) is 12.1. The minimum Gasteiger partial charge on any atom is -0.461 e. The summed E-state index contributed by atoms with van der Waals surface area (Å²) in [5.74, 6) is -0.485. The Morgan fingerprint density at radius 3 is 2.03 bits per heavy atom. The second-order valence-corrected chi connectivity index (χ2v) is 9.42. The normalized spacial score (nSPS) is 13.6. The molecular weight excluding hydrogens is 415 g/mol. The second-order valence-electron chi connectivity index (χ2n) is 6.98. The molecule has 0 bridgehead atoms. The minimum absolute atomic E-state index is 0.00120. The van der Waals surface area contributed by atoms with Gasteiger partial charge in [0.25, 0.3) is 0 Å². The van der Waals surface area contributed by atoms with Crippen molar-refractivity contribution in [2.24, 2.45) is 5.92 Å². The molecule has 31 heavy (non-hydrogen) atoms. The molecule has 0 radical (unpaired) electrons. The molecule has 0 spiro atoms. The fourth-order valence-corrected chi connectivity index (χ4v) is 4.68. The van der Waals surface area contributed by atoms with Crippen LogP contribution in [-0.4, -0.2) is 24.7 Å². The van der Waals surface area contributed by atoms with Crippen LogP contribution in [0.25, 0.3) is 0 Å². The van der Waals surface area contributed by atoms with E-state index in [0.29, 0.717) is 0 Å². The molecule has 166 valence electrons. The van der Waals surface area contributed by atoms with Crippen LogP contribution in [0, 0.1) is 5.92 Å². The summed E-state index contributed by atoms with van der Waals surface area (Å²) in [6.45, 7) is 5.79. The van der Waals surface area contributed by atoms with Gasteiger partial charge in [-0.15, -0.1) is 0 Å². The Morgan fingerprint density at radius 1 is 0.968 bits per heavy atom. The van der Waals surface area contributed by atoms with Crippen molar-refractivity contribution in [3.8, 4) is 0 Å². The van der Waals surface area contributed by atoms with Crippen LogP contribution in [0.15, 0.2) is 73.1 Å². The molecule has 0 saturated carbocycles. The quantitative estimate of drug-likeness (QED) is 0.307. The van der Waals surface area contributed by atoms with Gasteiger partial charge in [-0.25, -0.2) is 0 Å². The highest BCUT2D eigenvalue weighted by Gasteiger charge is 2.31. The van der Waals surface area contributed by atoms with Gasteiger partial charge < -0.3 is 14.0 Å². The zero-order valence-electron chi connectivity index (χ0n) is 17.8. The van der Waals surface area contributed by atoms with Crippen molar-refractivity contribution >= 4 is 19.3 Å². The van der Waals surface area contributed by atoms with E-state index in [1.54, 1.807) is 6.92 Å². The van der Waals surface area contributed by atoms with Crippen molar-refractivity contribution in [2.45, 2.75) is 33.0 Å². The van der Waals surface area contributed by atoms with Gasteiger partial charge >= 0.3 is 11.9 Å². The number of carbonyl (C=O) groups is 2. The molecule has 6 nitrogen and oxygen atoms in total. The van der Waals surface area contributed by atoms with Crippen LogP contribution in [-0.2, 0) is 41.4 Å². The van der Waals surface area contributed by atoms with Crippen LogP contribution in [0.5, 0.6) is 0 Å². The van der Waals surface area contributed by atoms with Gasteiger partial charge in [-0.2, -0.15) is 0 Å². The molecule has 0 heterocycles. The Balaban J connectivity index is 1.96. The molecule has 0 fully saturated rings. The van der Waals surface area contributed by atoms with Crippen LogP contribution < -0.4 is 0 Å². The van der Waals surface area contributed by atoms with E-state index in [1.165, 1.54) is 5.82 Å². The van der Waals surface area contributed by atoms with E-state index in [4.69, 9.17) is 14.0 Å². The lowest BCUT2D eigenvalue weighted by Gasteiger charge is -2.20. The number of rotatable bonds is 13. The van der Waals surface area contributed by atoms with Gasteiger partial charge in [0.1, 0.15) is 13.2 Å². The first-order valence-electron chi connectivity index (χ1n) is 10.2. The Morgan fingerprint density at radius 2 is 1.52 bits per heavy atom. The fraction of sp³-hybridized carbons (Fsp3) is 0.333. The summed E-state index contributed by atoms with van der Waals surface area (Å²) >= 11 is 0. The molecule has 0 aliphatic carbocycles. The molecule has 0 aromatic heterocycles. The van der Waals surface area contributed by atoms with E-state index in [1.807, 2.05) is 60.7 Å². The van der Waals surface area contributed by atoms with Gasteiger partial charge in [-0.05, 0) is 30.3 Å². The van der Waals surface area contributed by atoms with Crippen molar-refractivity contribution in [2.75, 3.05) is 12.8 Å². The maximum absolute atomic E-state index is 12.9. The van der Waals surface area contributed by atoms with Crippen LogP contribution in [0.2, 0.25) is 0 Å². The average molecular weight is 444 g/mol. The molecule has 0 aliphatic heterocycles. The Kier molecular flexibility index (Phi) is 10.2. The number of hydrogen-bond acceptors (Lipinski definition) is 6. The van der Waals surface area contributed by atoms with Crippen molar-refractivity contribution in [1.82, 2.24) is 0 Å². The number of esters is 2. The highest BCUT2D eigenvalue weighted by molar-refractivity contribution is 7.62. The van der Waals surface area contributed by atoms with E-state index in [9.17, 15) is 14.2 Å². The van der Waals surface area contributed by atoms with Crippen molar-refractivity contribution in [1.29, 1.82) is 0 Å². The number of benzene rings is 2. The molecule has 2 atom stereocenters. The minimum atomic E-state index is -3.22. The molecule has 7 heteroatoms. The van der Waals surface area contributed by atoms with Crippen LogP contribution in [0.4, 0.5) is 0 Å². The second kappa shape index (κ2) is 12.9. The van der Waals surface area contributed by atoms with Crippen LogP contribution in [0.3, 0.4) is 0 Å². The zero-order valence-corrected chi connectivity index (χ0v) is 18.7. The number of carbonyl (C=O) groups excluding carboxylic acids is 2. The molecule has 0 amide bonds. The maximum Gasteiger partial charge on any atom is 0.309 e. The van der Waals surface area contributed by atoms with E-state index >= 15 is 0 Å². The van der Waals surface area contributed by atoms with Crippen LogP contribution in [0.1, 0.15) is 30.9 Å². The molecule has 2 aromatic carbocycles. The molecule has 0 saturated heterocycles. The third-order valence-corrected chi connectivity index (χ3v) is 6.80. The van der Waals surface area contributed by atoms with Gasteiger partial charge in [0.2, 0.25) is 7.37 Å². The molecular formula is C24H29O6P. The Hall–Kier alpha value is -2.69. The summed E-state index contributed by atoms with van der Waals surface area (Å²) < 4.78 is 28.9. The van der Waals surface area contributed by atoms with Gasteiger partial charge in [-0.1, -0.05) is 67.2 Å². The highest BCUT2D eigenvalue weighted by atomic mass is 31.2. The topological polar surface area (TPSA) is 78.9 Å². The summed E-state index contributed by atoms with van der Waals surface area (Å²) in [5, 5.41) is 0. The Labute approximate surface area is 183 Å². The zero-order chi connectivity index (χ0) is 22.5. The summed E-state index contributed by atoms with van der Waals surface area (Å²) in [4.78, 5) is 24.9. The van der Waals surface area contributed by atoms with Gasteiger partial charge in [0.05, 0.1) is 12.5 Å². The van der Waals surface area contributed by atoms with Crippen LogP contribution >= 0.6 is 7.37 Å². The van der Waals surface area contributed by atoms with E-state index in [0.717, 1.165) is 11.1 Å². The van der Waals surface area contributed by atoms with Gasteiger partial charge in [0, 0.05) is 12.6 Å². The molecule has 2 aromatic rings. The first kappa shape index (κ1) is 24.6. The summed E-state index contributed by atoms with van der Waals surface area (Å²) in [6.07, 6.45) is 0.0806. The third-order valence-electron chi connectivity index (χ3n) is 4.60. The van der Waals surface area contributed by atoms with Crippen molar-refractivity contribution in [3.05, 3.63) is 84.2 Å². The average Bonchev–Trinajstić information content (AvgIpc) is 2.80. The third kappa shape index (κ3) is 8.91. The van der Waals surface area contributed by atoms with E-state index in [2.05, 4.69) is 6.58 Å². The molecule has 2 unspecified atom stereocenters. The smallest absolute Gasteiger partial charge is 0.309 e. The number of ether oxygens (including phenoxy) is 2. The summed E-state index contributed by atoms with van der Waals surface area (Å²) in [7, 11) is -3.22. The monoisotopic (exact) mass is 444 g/mol. The summed E-state index contributed by atoms with van der Waals surface area (Å²) in [5.41, 5.74) is 1.72. The molecule has 2 rings (SSSR count). The van der Waals surface area contributed by atoms with Gasteiger partial charge in [-0.3, -0.25) is 14.2 Å². The molecule has 0 N–H and O–H groups in total. The predicted octanol–water partition coefficient (Wildman–Crippen LogP) is 5.33. The lowest BCUT2D eigenvalue weighted by atomic mass is 10.1. The van der Waals surface area contributed by atoms with E-state index in [-0.39, 0.29) is 38.8 Å². The summed E-state index contributed by atoms with van der Waals surface area (Å²) in [6, 6.07) is 18.6. The van der Waals surface area contributed by atoms with Gasteiger partial charge in [0.15, 0.2) is 0 Å².